The highest BCUT2D eigenvalue weighted by Gasteiger charge is 2.19. The van der Waals surface area contributed by atoms with Crippen molar-refractivity contribution in [1.82, 2.24) is 14.6 Å². The zero-order valence-corrected chi connectivity index (χ0v) is 19.2. The summed E-state index contributed by atoms with van der Waals surface area (Å²) < 4.78 is 1.62. The SMILES string of the molecule is O=C(Nc1cccc(-c2ccnc3c(C(=O)c4cccs4)cnn23)c1)c1c(Cl)cccc1Cl. The molecule has 0 aliphatic heterocycles. The van der Waals surface area contributed by atoms with E-state index in [9.17, 15) is 9.59 Å². The molecule has 0 unspecified atom stereocenters. The molecule has 0 spiro atoms. The van der Waals surface area contributed by atoms with Crippen LogP contribution in [0.1, 0.15) is 25.6 Å². The van der Waals surface area contributed by atoms with Crippen LogP contribution in [-0.4, -0.2) is 26.3 Å². The zero-order valence-electron chi connectivity index (χ0n) is 16.8. The first-order chi connectivity index (χ1) is 16.0. The van der Waals surface area contributed by atoms with Crippen LogP contribution >= 0.6 is 34.5 Å². The summed E-state index contributed by atoms with van der Waals surface area (Å²) in [6.45, 7) is 0. The molecular weight excluding hydrogens is 479 g/mol. The molecule has 0 aliphatic carbocycles. The normalized spacial score (nSPS) is 11.0. The van der Waals surface area contributed by atoms with Crippen molar-refractivity contribution in [3.63, 3.8) is 0 Å². The molecule has 33 heavy (non-hydrogen) atoms. The third kappa shape index (κ3) is 4.02. The summed E-state index contributed by atoms with van der Waals surface area (Å²) in [4.78, 5) is 30.6. The summed E-state index contributed by atoms with van der Waals surface area (Å²) in [5.74, 6) is -0.534. The molecule has 0 bridgehead atoms. The van der Waals surface area contributed by atoms with Crippen LogP contribution in [0.4, 0.5) is 5.69 Å². The van der Waals surface area contributed by atoms with E-state index < -0.39 is 5.91 Å². The average molecular weight is 493 g/mol. The number of hydrogen-bond acceptors (Lipinski definition) is 5. The molecule has 2 aromatic carbocycles. The van der Waals surface area contributed by atoms with E-state index in [2.05, 4.69) is 15.4 Å². The highest BCUT2D eigenvalue weighted by molar-refractivity contribution is 7.12. The third-order valence-corrected chi connectivity index (χ3v) is 6.50. The second-order valence-corrected chi connectivity index (χ2v) is 8.82. The van der Waals surface area contributed by atoms with Gasteiger partial charge in [-0.3, -0.25) is 9.59 Å². The molecule has 9 heteroatoms. The molecule has 0 radical (unpaired) electrons. The first kappa shape index (κ1) is 21.3. The number of fused-ring (bicyclic) bond motifs is 1. The van der Waals surface area contributed by atoms with Gasteiger partial charge in [-0.25, -0.2) is 9.50 Å². The van der Waals surface area contributed by atoms with Crippen LogP contribution in [0.3, 0.4) is 0 Å². The van der Waals surface area contributed by atoms with Gasteiger partial charge in [0.15, 0.2) is 5.65 Å². The van der Waals surface area contributed by atoms with E-state index in [0.29, 0.717) is 21.8 Å². The monoisotopic (exact) mass is 492 g/mol. The van der Waals surface area contributed by atoms with Crippen molar-refractivity contribution in [3.8, 4) is 11.3 Å². The summed E-state index contributed by atoms with van der Waals surface area (Å²) in [5.41, 5.74) is 3.16. The van der Waals surface area contributed by atoms with Crippen molar-refractivity contribution in [2.45, 2.75) is 0 Å². The van der Waals surface area contributed by atoms with Crippen LogP contribution in [0.5, 0.6) is 0 Å². The maximum Gasteiger partial charge on any atom is 0.258 e. The Labute approximate surface area is 202 Å². The Bertz CT molecular complexity index is 1490. The Morgan fingerprint density at radius 1 is 0.970 bits per heavy atom. The van der Waals surface area contributed by atoms with Gasteiger partial charge in [-0.15, -0.1) is 11.3 Å². The lowest BCUT2D eigenvalue weighted by Crippen LogP contribution is -2.13. The van der Waals surface area contributed by atoms with Crippen molar-refractivity contribution in [2.24, 2.45) is 0 Å². The number of benzene rings is 2. The Kier molecular flexibility index (Phi) is 5.68. The average Bonchev–Trinajstić information content (AvgIpc) is 3.49. The molecule has 3 heterocycles. The molecule has 162 valence electrons. The summed E-state index contributed by atoms with van der Waals surface area (Å²) in [7, 11) is 0. The number of ketones is 1. The lowest BCUT2D eigenvalue weighted by molar-refractivity contribution is 0.102. The van der Waals surface area contributed by atoms with Gasteiger partial charge in [0, 0.05) is 17.4 Å². The minimum atomic E-state index is -0.412. The lowest BCUT2D eigenvalue weighted by atomic mass is 10.1. The van der Waals surface area contributed by atoms with Gasteiger partial charge in [0.1, 0.15) is 0 Å². The molecule has 0 saturated heterocycles. The quantitative estimate of drug-likeness (QED) is 0.294. The fraction of sp³-hybridized carbons (Fsp3) is 0. The second-order valence-electron chi connectivity index (χ2n) is 7.06. The number of anilines is 1. The summed E-state index contributed by atoms with van der Waals surface area (Å²) >= 11 is 13.7. The highest BCUT2D eigenvalue weighted by atomic mass is 35.5. The van der Waals surface area contributed by atoms with Crippen molar-refractivity contribution in [1.29, 1.82) is 0 Å². The first-order valence-electron chi connectivity index (χ1n) is 9.79. The van der Waals surface area contributed by atoms with Crippen LogP contribution in [0, 0.1) is 0 Å². The first-order valence-corrected chi connectivity index (χ1v) is 11.4. The number of carbonyl (C=O) groups is 2. The Hall–Kier alpha value is -3.52. The molecule has 0 fully saturated rings. The third-order valence-electron chi connectivity index (χ3n) is 5.00. The van der Waals surface area contributed by atoms with Gasteiger partial charge in [0.25, 0.3) is 5.91 Å². The topological polar surface area (TPSA) is 76.4 Å². The molecule has 0 atom stereocenters. The number of nitrogens with one attached hydrogen (secondary N) is 1. The maximum atomic E-state index is 12.8. The molecule has 0 aliphatic rings. The molecular formula is C24H14Cl2N4O2S. The number of amides is 1. The number of nitrogens with zero attached hydrogens (tertiary/aromatic N) is 3. The van der Waals surface area contributed by atoms with Crippen LogP contribution in [0.15, 0.2) is 78.4 Å². The molecule has 0 saturated carbocycles. The van der Waals surface area contributed by atoms with Crippen LogP contribution in [0.2, 0.25) is 10.0 Å². The molecule has 1 N–H and O–H groups in total. The van der Waals surface area contributed by atoms with Crippen molar-refractivity contribution in [3.05, 3.63) is 104 Å². The van der Waals surface area contributed by atoms with Crippen molar-refractivity contribution >= 4 is 57.6 Å². The van der Waals surface area contributed by atoms with E-state index in [-0.39, 0.29) is 21.4 Å². The van der Waals surface area contributed by atoms with Crippen molar-refractivity contribution < 1.29 is 9.59 Å². The van der Waals surface area contributed by atoms with Gasteiger partial charge >= 0.3 is 0 Å². The summed E-state index contributed by atoms with van der Waals surface area (Å²) in [6.07, 6.45) is 3.16. The van der Waals surface area contributed by atoms with Gasteiger partial charge in [-0.1, -0.05) is 47.5 Å². The predicted molar refractivity (Wildman–Crippen MR) is 131 cm³/mol. The van der Waals surface area contributed by atoms with E-state index >= 15 is 0 Å². The van der Waals surface area contributed by atoms with E-state index in [1.165, 1.54) is 17.5 Å². The highest BCUT2D eigenvalue weighted by Crippen LogP contribution is 2.28. The number of aromatic nitrogens is 3. The minimum absolute atomic E-state index is 0.123. The number of rotatable bonds is 5. The maximum absolute atomic E-state index is 12.8. The van der Waals surface area contributed by atoms with Gasteiger partial charge in [-0.2, -0.15) is 5.10 Å². The number of halogens is 2. The number of hydrogen-bond donors (Lipinski definition) is 1. The molecule has 5 rings (SSSR count). The molecule has 3 aromatic heterocycles. The van der Waals surface area contributed by atoms with E-state index in [1.807, 2.05) is 23.6 Å². The summed E-state index contributed by atoms with van der Waals surface area (Å²) in [5, 5.41) is 9.63. The minimum Gasteiger partial charge on any atom is -0.322 e. The smallest absolute Gasteiger partial charge is 0.258 e. The number of carbonyl (C=O) groups excluding carboxylic acids is 2. The Morgan fingerprint density at radius 3 is 2.52 bits per heavy atom. The second kappa shape index (κ2) is 8.78. The van der Waals surface area contributed by atoms with Crippen LogP contribution in [-0.2, 0) is 0 Å². The Balaban J connectivity index is 1.50. The van der Waals surface area contributed by atoms with Gasteiger partial charge in [0.2, 0.25) is 5.78 Å². The van der Waals surface area contributed by atoms with Gasteiger partial charge in [0.05, 0.1) is 37.9 Å². The van der Waals surface area contributed by atoms with Gasteiger partial charge < -0.3 is 5.32 Å². The standard InChI is InChI=1S/C24H14Cl2N4O2S/c25-17-6-2-7-18(26)21(17)24(32)29-15-5-1-4-14(12-15)19-9-10-27-23-16(13-28-30(19)23)22(31)20-8-3-11-33-20/h1-13H,(H,29,32). The Morgan fingerprint density at radius 2 is 1.76 bits per heavy atom. The lowest BCUT2D eigenvalue weighted by Gasteiger charge is -2.10. The molecule has 6 nitrogen and oxygen atoms in total. The van der Waals surface area contributed by atoms with Gasteiger partial charge in [-0.05, 0) is 41.8 Å². The fourth-order valence-electron chi connectivity index (χ4n) is 3.48. The largest absolute Gasteiger partial charge is 0.322 e. The fourth-order valence-corrected chi connectivity index (χ4v) is 4.72. The van der Waals surface area contributed by atoms with Crippen LogP contribution < -0.4 is 5.32 Å². The number of thiophene rings is 1. The predicted octanol–water partition coefficient (Wildman–Crippen LogP) is 6.25. The zero-order chi connectivity index (χ0) is 22.9. The van der Waals surface area contributed by atoms with Crippen molar-refractivity contribution in [2.75, 3.05) is 5.32 Å². The van der Waals surface area contributed by atoms with Crippen LogP contribution in [0.25, 0.3) is 16.9 Å². The molecule has 5 aromatic rings. The van der Waals surface area contributed by atoms with E-state index in [0.717, 1.165) is 11.3 Å². The van der Waals surface area contributed by atoms with E-state index in [4.69, 9.17) is 23.2 Å². The summed E-state index contributed by atoms with van der Waals surface area (Å²) in [6, 6.07) is 17.6. The van der Waals surface area contributed by atoms with E-state index in [1.54, 1.807) is 53.2 Å². The molecule has 1 amide bonds.